The maximum Gasteiger partial charge on any atom is 0.270 e. The van der Waals surface area contributed by atoms with Gasteiger partial charge < -0.3 is 15.0 Å². The van der Waals surface area contributed by atoms with Gasteiger partial charge in [0, 0.05) is 19.4 Å². The van der Waals surface area contributed by atoms with Gasteiger partial charge in [0.1, 0.15) is 12.4 Å². The Hall–Kier alpha value is -3.33. The topological polar surface area (TPSA) is 91.3 Å². The number of hydrogen-bond donors (Lipinski definition) is 1. The second-order valence-electron chi connectivity index (χ2n) is 7.25. The van der Waals surface area contributed by atoms with Gasteiger partial charge in [0.2, 0.25) is 16.7 Å². The molecule has 0 fully saturated rings. The molecule has 0 saturated carbocycles. The number of ether oxygens (including phenoxy) is 1. The summed E-state index contributed by atoms with van der Waals surface area (Å²) in [6, 6.07) is 15.0. The number of carbonyl (C=O) groups is 3. The number of amidine groups is 1. The summed E-state index contributed by atoms with van der Waals surface area (Å²) in [7, 11) is 0. The van der Waals surface area contributed by atoms with E-state index in [-0.39, 0.29) is 23.6 Å². The Kier molecular flexibility index (Phi) is 5.45. The Labute approximate surface area is 184 Å². The molecule has 0 radical (unpaired) electrons. The number of fused-ring (bicyclic) bond motifs is 2. The van der Waals surface area contributed by atoms with Crippen molar-refractivity contribution in [3.8, 4) is 5.75 Å². The van der Waals surface area contributed by atoms with Gasteiger partial charge in [-0.3, -0.25) is 14.4 Å². The quantitative estimate of drug-likeness (QED) is 0.792. The van der Waals surface area contributed by atoms with Crippen LogP contribution in [-0.4, -0.2) is 41.0 Å². The Morgan fingerprint density at radius 3 is 2.55 bits per heavy atom. The molecule has 1 spiro atoms. The number of rotatable bonds is 4. The lowest BCUT2D eigenvalue weighted by Gasteiger charge is -2.29. The lowest BCUT2D eigenvalue weighted by Crippen LogP contribution is -2.49. The first kappa shape index (κ1) is 20.9. The van der Waals surface area contributed by atoms with Crippen LogP contribution in [0.5, 0.6) is 5.75 Å². The number of para-hydroxylation sites is 2. The molecule has 0 aromatic heterocycles. The molecule has 0 aliphatic carbocycles. The van der Waals surface area contributed by atoms with Crippen molar-refractivity contribution in [2.75, 3.05) is 18.1 Å². The van der Waals surface area contributed by atoms with Crippen molar-refractivity contribution >= 4 is 40.3 Å². The fourth-order valence-electron chi connectivity index (χ4n) is 3.75. The molecule has 2 aliphatic rings. The fourth-order valence-corrected chi connectivity index (χ4v) is 5.08. The molecular formula is C22H22N4O4S. The number of benzene rings is 2. The molecule has 2 aromatic carbocycles. The number of aryl methyl sites for hydroxylation is 1. The van der Waals surface area contributed by atoms with Crippen LogP contribution >= 0.6 is 11.8 Å². The molecular weight excluding hydrogens is 416 g/mol. The minimum Gasteiger partial charge on any atom is -0.491 e. The standard InChI is InChI=1S/C22H22N4O4S/c1-14-8-4-7-11-19(14)30-13-12-25-18-10-6-5-9-17(18)22(20(25)29)26(16(3)28)24-21(31-22)23-15(2)27/h4-11H,12-13H2,1-3H3,(H,23,24,27)/t22-/m1/s1. The van der Waals surface area contributed by atoms with E-state index >= 15 is 0 Å². The van der Waals surface area contributed by atoms with Gasteiger partial charge in [-0.05, 0) is 36.4 Å². The van der Waals surface area contributed by atoms with E-state index in [4.69, 9.17) is 4.74 Å². The number of nitrogens with zero attached hydrogens (tertiary/aromatic N) is 3. The van der Waals surface area contributed by atoms with E-state index in [1.807, 2.05) is 55.5 Å². The van der Waals surface area contributed by atoms with E-state index in [0.717, 1.165) is 28.1 Å². The third-order valence-corrected chi connectivity index (χ3v) is 6.32. The molecule has 2 aliphatic heterocycles. The van der Waals surface area contributed by atoms with Crippen LogP contribution in [0.2, 0.25) is 0 Å². The summed E-state index contributed by atoms with van der Waals surface area (Å²) >= 11 is 1.06. The first-order chi connectivity index (χ1) is 14.8. The molecule has 8 nitrogen and oxygen atoms in total. The molecule has 2 heterocycles. The van der Waals surface area contributed by atoms with Crippen LogP contribution in [0, 0.1) is 6.92 Å². The van der Waals surface area contributed by atoms with Crippen molar-refractivity contribution in [2.45, 2.75) is 25.6 Å². The molecule has 3 amide bonds. The van der Waals surface area contributed by atoms with Gasteiger partial charge >= 0.3 is 0 Å². The Bertz CT molecular complexity index is 1100. The number of hydrogen-bond acceptors (Lipinski definition) is 6. The van der Waals surface area contributed by atoms with E-state index in [1.165, 1.54) is 13.8 Å². The third-order valence-electron chi connectivity index (χ3n) is 5.08. The average molecular weight is 439 g/mol. The molecule has 4 rings (SSSR count). The predicted molar refractivity (Wildman–Crippen MR) is 119 cm³/mol. The maximum atomic E-state index is 13.7. The minimum absolute atomic E-state index is 0.212. The zero-order valence-corrected chi connectivity index (χ0v) is 18.2. The molecule has 31 heavy (non-hydrogen) atoms. The van der Waals surface area contributed by atoms with Crippen molar-refractivity contribution in [2.24, 2.45) is 5.10 Å². The number of nitrogens with one attached hydrogen (secondary N) is 1. The van der Waals surface area contributed by atoms with E-state index in [1.54, 1.807) is 4.90 Å². The Morgan fingerprint density at radius 2 is 1.84 bits per heavy atom. The summed E-state index contributed by atoms with van der Waals surface area (Å²) < 4.78 is 5.89. The normalized spacial score (nSPS) is 19.5. The molecule has 0 unspecified atom stereocenters. The summed E-state index contributed by atoms with van der Waals surface area (Å²) in [5.74, 6) is -0.261. The van der Waals surface area contributed by atoms with Crippen LogP contribution in [0.3, 0.4) is 0 Å². The van der Waals surface area contributed by atoms with Crippen LogP contribution in [0.25, 0.3) is 0 Å². The zero-order chi connectivity index (χ0) is 22.2. The first-order valence-electron chi connectivity index (χ1n) is 9.80. The summed E-state index contributed by atoms with van der Waals surface area (Å²) in [4.78, 5) is 37.9. The molecule has 0 bridgehead atoms. The number of amides is 3. The van der Waals surface area contributed by atoms with E-state index in [2.05, 4.69) is 10.4 Å². The van der Waals surface area contributed by atoms with Crippen LogP contribution in [-0.2, 0) is 19.3 Å². The molecule has 0 saturated heterocycles. The monoisotopic (exact) mass is 438 g/mol. The van der Waals surface area contributed by atoms with Crippen molar-refractivity contribution in [1.29, 1.82) is 0 Å². The SMILES string of the molecule is CC(=O)NC1=NN(C(C)=O)[C@]2(S1)C(=O)N(CCOc1ccccc1C)c1ccccc12. The minimum atomic E-state index is -1.39. The highest BCUT2D eigenvalue weighted by atomic mass is 32.2. The zero-order valence-electron chi connectivity index (χ0n) is 17.4. The van der Waals surface area contributed by atoms with Gasteiger partial charge in [-0.25, -0.2) is 0 Å². The van der Waals surface area contributed by atoms with Crippen LogP contribution < -0.4 is 15.0 Å². The van der Waals surface area contributed by atoms with Gasteiger partial charge in [0.15, 0.2) is 5.17 Å². The number of anilines is 1. The fraction of sp³-hybridized carbons (Fsp3) is 0.273. The number of hydrazone groups is 1. The lowest BCUT2D eigenvalue weighted by atomic mass is 10.1. The summed E-state index contributed by atoms with van der Waals surface area (Å²) in [5.41, 5.74) is 2.36. The highest BCUT2D eigenvalue weighted by Crippen LogP contribution is 2.54. The van der Waals surface area contributed by atoms with Crippen molar-refractivity contribution in [1.82, 2.24) is 10.3 Å². The lowest BCUT2D eigenvalue weighted by molar-refractivity contribution is -0.139. The molecule has 2 aromatic rings. The summed E-state index contributed by atoms with van der Waals surface area (Å²) in [5, 5.41) is 8.21. The maximum absolute atomic E-state index is 13.7. The molecule has 9 heteroatoms. The van der Waals surface area contributed by atoms with Crippen molar-refractivity contribution in [3.05, 3.63) is 59.7 Å². The van der Waals surface area contributed by atoms with Crippen LogP contribution in [0.1, 0.15) is 25.0 Å². The predicted octanol–water partition coefficient (Wildman–Crippen LogP) is 2.58. The van der Waals surface area contributed by atoms with Crippen LogP contribution in [0.4, 0.5) is 5.69 Å². The largest absolute Gasteiger partial charge is 0.491 e. The van der Waals surface area contributed by atoms with Crippen molar-refractivity contribution < 1.29 is 19.1 Å². The highest BCUT2D eigenvalue weighted by molar-refractivity contribution is 8.15. The van der Waals surface area contributed by atoms with E-state index < -0.39 is 10.8 Å². The molecule has 1 atom stereocenters. The van der Waals surface area contributed by atoms with Crippen LogP contribution in [0.15, 0.2) is 53.6 Å². The number of carbonyl (C=O) groups excluding carboxylic acids is 3. The highest BCUT2D eigenvalue weighted by Gasteiger charge is 2.61. The van der Waals surface area contributed by atoms with Gasteiger partial charge in [0.05, 0.1) is 12.2 Å². The van der Waals surface area contributed by atoms with E-state index in [9.17, 15) is 14.4 Å². The molecule has 160 valence electrons. The Morgan fingerprint density at radius 1 is 1.13 bits per heavy atom. The Balaban J connectivity index is 1.64. The smallest absolute Gasteiger partial charge is 0.270 e. The van der Waals surface area contributed by atoms with Gasteiger partial charge in [-0.2, -0.15) is 5.01 Å². The van der Waals surface area contributed by atoms with E-state index in [0.29, 0.717) is 17.8 Å². The second kappa shape index (κ2) is 8.07. The van der Waals surface area contributed by atoms with Gasteiger partial charge in [-0.1, -0.05) is 36.4 Å². The van der Waals surface area contributed by atoms with Gasteiger partial charge in [0.25, 0.3) is 5.91 Å². The first-order valence-corrected chi connectivity index (χ1v) is 10.6. The number of thioether (sulfide) groups is 1. The third kappa shape index (κ3) is 3.54. The average Bonchev–Trinajstić information content (AvgIpc) is 3.21. The summed E-state index contributed by atoms with van der Waals surface area (Å²) in [6.07, 6.45) is 0. The van der Waals surface area contributed by atoms with Crippen molar-refractivity contribution in [3.63, 3.8) is 0 Å². The molecule has 1 N–H and O–H groups in total. The summed E-state index contributed by atoms with van der Waals surface area (Å²) in [6.45, 7) is 5.24. The second-order valence-corrected chi connectivity index (χ2v) is 8.43. The van der Waals surface area contributed by atoms with Gasteiger partial charge in [-0.15, -0.1) is 5.10 Å².